The van der Waals surface area contributed by atoms with Crippen molar-refractivity contribution in [3.05, 3.63) is 48.6 Å². The smallest absolute Gasteiger partial charge is 0.0834 e. The van der Waals surface area contributed by atoms with Crippen molar-refractivity contribution in [1.29, 1.82) is 0 Å². The van der Waals surface area contributed by atoms with Gasteiger partial charge in [0.05, 0.1) is 5.60 Å². The Morgan fingerprint density at radius 2 is 2.00 bits per heavy atom. The number of hydrogen-bond acceptors (Lipinski definition) is 1. The lowest BCUT2D eigenvalue weighted by molar-refractivity contribution is 0.00795. The molecule has 0 amide bonds. The minimum atomic E-state index is -0.190. The van der Waals surface area contributed by atoms with Gasteiger partial charge in [0.2, 0.25) is 0 Å². The van der Waals surface area contributed by atoms with Crippen molar-refractivity contribution in [3.63, 3.8) is 0 Å². The van der Waals surface area contributed by atoms with Crippen LogP contribution in [0.2, 0.25) is 0 Å². The lowest BCUT2D eigenvalue weighted by Crippen LogP contribution is -2.26. The summed E-state index contributed by atoms with van der Waals surface area (Å²) in [5, 5.41) is 0. The molecule has 0 saturated heterocycles. The van der Waals surface area contributed by atoms with E-state index in [-0.39, 0.29) is 5.60 Å². The molecule has 0 aromatic heterocycles. The molecule has 0 bridgehead atoms. The Morgan fingerprint density at radius 3 is 2.53 bits per heavy atom. The molecule has 1 aromatic rings. The van der Waals surface area contributed by atoms with Crippen LogP contribution in [-0.4, -0.2) is 12.2 Å². The molecule has 1 rings (SSSR count). The molecule has 1 heteroatoms. The largest absolute Gasteiger partial charge is 0.372 e. The van der Waals surface area contributed by atoms with Crippen LogP contribution in [0.15, 0.2) is 43.0 Å². The van der Waals surface area contributed by atoms with Crippen molar-refractivity contribution in [1.82, 2.24) is 0 Å². The van der Waals surface area contributed by atoms with E-state index in [1.165, 1.54) is 5.56 Å². The molecule has 0 aliphatic carbocycles. The highest BCUT2D eigenvalue weighted by molar-refractivity contribution is 5.15. The molecule has 0 saturated carbocycles. The fraction of sp³-hybridized carbons (Fsp3) is 0.429. The molecule has 0 aliphatic rings. The predicted molar refractivity (Wildman–Crippen MR) is 65.0 cm³/mol. The van der Waals surface area contributed by atoms with Crippen LogP contribution in [0.5, 0.6) is 0 Å². The molecule has 0 heterocycles. The van der Waals surface area contributed by atoms with E-state index in [9.17, 15) is 0 Å². The lowest BCUT2D eigenvalue weighted by Gasteiger charge is -2.25. The molecule has 1 aromatic carbocycles. The highest BCUT2D eigenvalue weighted by Crippen LogP contribution is 2.19. The fourth-order valence-electron chi connectivity index (χ4n) is 1.60. The van der Waals surface area contributed by atoms with Gasteiger partial charge in [0, 0.05) is 6.61 Å². The summed E-state index contributed by atoms with van der Waals surface area (Å²) in [5.74, 6) is 0. The summed E-state index contributed by atoms with van der Waals surface area (Å²) in [6.45, 7) is 8.68. The van der Waals surface area contributed by atoms with Crippen LogP contribution in [0, 0.1) is 0 Å². The van der Waals surface area contributed by atoms with E-state index < -0.39 is 0 Å². The third-order valence-corrected chi connectivity index (χ3v) is 2.66. The first-order valence-corrected chi connectivity index (χ1v) is 5.51. The van der Waals surface area contributed by atoms with Gasteiger partial charge < -0.3 is 4.74 Å². The van der Waals surface area contributed by atoms with Gasteiger partial charge in [0.25, 0.3) is 0 Å². The molecule has 82 valence electrons. The summed E-state index contributed by atoms with van der Waals surface area (Å²) >= 11 is 0. The second-order valence-corrected chi connectivity index (χ2v) is 3.94. The Balaban J connectivity index is 2.51. The molecule has 0 N–H and O–H groups in total. The third kappa shape index (κ3) is 3.88. The molecular weight excluding hydrogens is 184 g/mol. The van der Waals surface area contributed by atoms with Gasteiger partial charge in [-0.05, 0) is 32.3 Å². The van der Waals surface area contributed by atoms with Gasteiger partial charge in [-0.25, -0.2) is 0 Å². The van der Waals surface area contributed by atoms with E-state index in [4.69, 9.17) is 4.74 Å². The van der Waals surface area contributed by atoms with Crippen molar-refractivity contribution in [3.8, 4) is 0 Å². The van der Waals surface area contributed by atoms with E-state index in [1.54, 1.807) is 0 Å². The van der Waals surface area contributed by atoms with Crippen molar-refractivity contribution >= 4 is 0 Å². The number of hydrogen-bond donors (Lipinski definition) is 0. The highest BCUT2D eigenvalue weighted by Gasteiger charge is 2.19. The lowest BCUT2D eigenvalue weighted by atomic mass is 9.97. The van der Waals surface area contributed by atoms with Crippen molar-refractivity contribution in [2.24, 2.45) is 0 Å². The first-order chi connectivity index (χ1) is 7.20. The zero-order valence-electron chi connectivity index (χ0n) is 9.70. The highest BCUT2D eigenvalue weighted by atomic mass is 16.5. The van der Waals surface area contributed by atoms with Crippen molar-refractivity contribution in [2.45, 2.75) is 32.3 Å². The van der Waals surface area contributed by atoms with Crippen LogP contribution >= 0.6 is 0 Å². The second kappa shape index (κ2) is 5.72. The molecule has 1 nitrogen and oxygen atoms in total. The Morgan fingerprint density at radius 1 is 1.33 bits per heavy atom. The topological polar surface area (TPSA) is 9.23 Å². The molecule has 15 heavy (non-hydrogen) atoms. The van der Waals surface area contributed by atoms with Crippen LogP contribution in [0.1, 0.15) is 25.8 Å². The Kier molecular flexibility index (Phi) is 4.57. The first-order valence-electron chi connectivity index (χ1n) is 5.51. The van der Waals surface area contributed by atoms with Crippen LogP contribution in [-0.2, 0) is 11.2 Å². The maximum atomic E-state index is 5.68. The molecule has 0 fully saturated rings. The Hall–Kier alpha value is -1.08. The predicted octanol–water partition coefficient (Wildman–Crippen LogP) is 3.60. The van der Waals surface area contributed by atoms with Gasteiger partial charge in [0.1, 0.15) is 0 Å². The maximum absolute atomic E-state index is 5.68. The van der Waals surface area contributed by atoms with Crippen LogP contribution < -0.4 is 0 Å². The SMILES string of the molecule is C=CC(C)(CCc1ccccc1)OCC. The summed E-state index contributed by atoms with van der Waals surface area (Å²) in [6, 6.07) is 10.5. The van der Waals surface area contributed by atoms with E-state index in [0.29, 0.717) is 0 Å². The molecule has 0 spiro atoms. The van der Waals surface area contributed by atoms with E-state index in [0.717, 1.165) is 19.4 Å². The summed E-state index contributed by atoms with van der Waals surface area (Å²) < 4.78 is 5.68. The fourth-order valence-corrected chi connectivity index (χ4v) is 1.60. The second-order valence-electron chi connectivity index (χ2n) is 3.94. The van der Waals surface area contributed by atoms with Crippen LogP contribution in [0.25, 0.3) is 0 Å². The number of benzene rings is 1. The van der Waals surface area contributed by atoms with Gasteiger partial charge in [0.15, 0.2) is 0 Å². The zero-order chi connectivity index (χ0) is 11.1. The zero-order valence-corrected chi connectivity index (χ0v) is 9.70. The van der Waals surface area contributed by atoms with Crippen molar-refractivity contribution in [2.75, 3.05) is 6.61 Å². The number of ether oxygens (including phenoxy) is 1. The summed E-state index contributed by atoms with van der Waals surface area (Å²) in [7, 11) is 0. The number of aryl methyl sites for hydroxylation is 1. The van der Waals surface area contributed by atoms with E-state index in [1.807, 2.05) is 19.1 Å². The standard InChI is InChI=1S/C14H20O/c1-4-14(3,15-5-2)12-11-13-9-7-6-8-10-13/h4,6-10H,1,5,11-12H2,2-3H3. The summed E-state index contributed by atoms with van der Waals surface area (Å²) in [4.78, 5) is 0. The Labute approximate surface area is 92.8 Å². The van der Waals surface area contributed by atoms with E-state index >= 15 is 0 Å². The summed E-state index contributed by atoms with van der Waals surface area (Å²) in [6.07, 6.45) is 3.91. The third-order valence-electron chi connectivity index (χ3n) is 2.66. The first kappa shape index (κ1) is 12.0. The normalized spacial score (nSPS) is 14.5. The molecule has 1 unspecified atom stereocenters. The van der Waals surface area contributed by atoms with Gasteiger partial charge >= 0.3 is 0 Å². The molecule has 0 aliphatic heterocycles. The van der Waals surface area contributed by atoms with Crippen LogP contribution in [0.3, 0.4) is 0 Å². The van der Waals surface area contributed by atoms with Gasteiger partial charge in [-0.3, -0.25) is 0 Å². The summed E-state index contributed by atoms with van der Waals surface area (Å²) in [5.41, 5.74) is 1.16. The minimum Gasteiger partial charge on any atom is -0.372 e. The van der Waals surface area contributed by atoms with Gasteiger partial charge in [-0.15, -0.1) is 6.58 Å². The molecule has 0 radical (unpaired) electrons. The average Bonchev–Trinajstić information content (AvgIpc) is 2.28. The minimum absolute atomic E-state index is 0.190. The van der Waals surface area contributed by atoms with Gasteiger partial charge in [-0.1, -0.05) is 36.4 Å². The van der Waals surface area contributed by atoms with Crippen molar-refractivity contribution < 1.29 is 4.74 Å². The van der Waals surface area contributed by atoms with E-state index in [2.05, 4.69) is 37.8 Å². The monoisotopic (exact) mass is 204 g/mol. The molecular formula is C14H20O. The number of rotatable bonds is 6. The maximum Gasteiger partial charge on any atom is 0.0834 e. The quantitative estimate of drug-likeness (QED) is 0.643. The molecule has 1 atom stereocenters. The average molecular weight is 204 g/mol. The van der Waals surface area contributed by atoms with Gasteiger partial charge in [-0.2, -0.15) is 0 Å². The van der Waals surface area contributed by atoms with Crippen LogP contribution in [0.4, 0.5) is 0 Å². The Bertz CT molecular complexity index is 291.